The summed E-state index contributed by atoms with van der Waals surface area (Å²) in [7, 11) is -3.04. The van der Waals surface area contributed by atoms with Crippen LogP contribution in [0.3, 0.4) is 0 Å². The zero-order valence-corrected chi connectivity index (χ0v) is 12.4. The molecule has 2 rings (SSSR count). The molecule has 110 valence electrons. The van der Waals surface area contributed by atoms with Crippen molar-refractivity contribution in [1.29, 1.82) is 0 Å². The van der Waals surface area contributed by atoms with Gasteiger partial charge in [0.25, 0.3) is 0 Å². The molecule has 0 radical (unpaired) electrons. The Kier molecular flexibility index (Phi) is 4.23. The number of carbonyl (C=O) groups is 1. The van der Waals surface area contributed by atoms with E-state index in [1.165, 1.54) is 6.26 Å². The molecule has 0 spiro atoms. The molecule has 2 atom stereocenters. The van der Waals surface area contributed by atoms with Gasteiger partial charge in [-0.3, -0.25) is 4.79 Å². The van der Waals surface area contributed by atoms with Crippen molar-refractivity contribution in [1.82, 2.24) is 0 Å². The molecule has 0 heterocycles. The Balaban J connectivity index is 2.20. The third-order valence-electron chi connectivity index (χ3n) is 5.18. The second-order valence-electron chi connectivity index (χ2n) is 6.34. The number of rotatable bonds is 3. The topological polar surface area (TPSA) is 71.4 Å². The van der Waals surface area contributed by atoms with Crippen molar-refractivity contribution in [3.8, 4) is 0 Å². The molecule has 19 heavy (non-hydrogen) atoms. The van der Waals surface area contributed by atoms with Crippen molar-refractivity contribution < 1.29 is 18.3 Å². The number of sulfone groups is 1. The third kappa shape index (κ3) is 2.96. The molecule has 0 aromatic rings. The van der Waals surface area contributed by atoms with Gasteiger partial charge in [0.1, 0.15) is 9.84 Å². The molecule has 4 nitrogen and oxygen atoms in total. The lowest BCUT2D eigenvalue weighted by molar-refractivity contribution is -0.156. The Bertz CT molecular complexity index is 434. The lowest BCUT2D eigenvalue weighted by Gasteiger charge is -2.43. The van der Waals surface area contributed by atoms with E-state index < -0.39 is 21.2 Å². The second-order valence-corrected chi connectivity index (χ2v) is 8.66. The molecule has 0 aliphatic heterocycles. The van der Waals surface area contributed by atoms with Gasteiger partial charge in [-0.05, 0) is 38.0 Å². The summed E-state index contributed by atoms with van der Waals surface area (Å²) in [6.45, 7) is 0. The van der Waals surface area contributed by atoms with Crippen molar-refractivity contribution in [3.63, 3.8) is 0 Å². The van der Waals surface area contributed by atoms with Gasteiger partial charge >= 0.3 is 5.97 Å². The molecule has 0 aromatic carbocycles. The van der Waals surface area contributed by atoms with E-state index in [4.69, 9.17) is 0 Å². The molecule has 2 aliphatic carbocycles. The van der Waals surface area contributed by atoms with Crippen molar-refractivity contribution in [3.05, 3.63) is 0 Å². The number of carboxylic acids is 1. The van der Waals surface area contributed by atoms with Crippen LogP contribution in [-0.2, 0) is 14.6 Å². The molecular formula is C14H24O4S. The summed E-state index contributed by atoms with van der Waals surface area (Å²) < 4.78 is 23.5. The van der Waals surface area contributed by atoms with E-state index in [1.807, 2.05) is 0 Å². The molecule has 2 aliphatic rings. The highest BCUT2D eigenvalue weighted by Gasteiger charge is 2.48. The fourth-order valence-corrected chi connectivity index (χ4v) is 5.19. The number of aliphatic carboxylic acids is 1. The second kappa shape index (κ2) is 5.43. The fourth-order valence-electron chi connectivity index (χ4n) is 4.02. The number of carboxylic acid groups (broad SMARTS) is 1. The Morgan fingerprint density at radius 2 is 1.74 bits per heavy atom. The zero-order chi connectivity index (χ0) is 14.1. The average molecular weight is 288 g/mol. The minimum atomic E-state index is -3.04. The highest BCUT2D eigenvalue weighted by Crippen LogP contribution is 2.49. The first kappa shape index (κ1) is 14.8. The van der Waals surface area contributed by atoms with Gasteiger partial charge in [0, 0.05) is 6.26 Å². The maximum Gasteiger partial charge on any atom is 0.309 e. The Morgan fingerprint density at radius 1 is 1.11 bits per heavy atom. The zero-order valence-electron chi connectivity index (χ0n) is 11.6. The summed E-state index contributed by atoms with van der Waals surface area (Å²) in [6.07, 6.45) is 8.74. The van der Waals surface area contributed by atoms with E-state index in [9.17, 15) is 18.3 Å². The first-order valence-electron chi connectivity index (χ1n) is 7.28. The maximum atomic E-state index is 11.8. The van der Waals surface area contributed by atoms with Gasteiger partial charge in [0.2, 0.25) is 0 Å². The van der Waals surface area contributed by atoms with Crippen LogP contribution in [0.25, 0.3) is 0 Å². The molecule has 2 fully saturated rings. The van der Waals surface area contributed by atoms with Crippen LogP contribution in [0.15, 0.2) is 0 Å². The molecule has 0 saturated heterocycles. The van der Waals surface area contributed by atoms with Crippen molar-refractivity contribution in [2.24, 2.45) is 11.3 Å². The molecule has 1 N–H and O–H groups in total. The van der Waals surface area contributed by atoms with E-state index in [2.05, 4.69) is 0 Å². The normalized spacial score (nSPS) is 31.8. The van der Waals surface area contributed by atoms with Crippen LogP contribution in [-0.4, -0.2) is 31.0 Å². The van der Waals surface area contributed by atoms with Gasteiger partial charge in [0.15, 0.2) is 0 Å². The van der Waals surface area contributed by atoms with Crippen LogP contribution in [0.5, 0.6) is 0 Å². The van der Waals surface area contributed by atoms with Crippen molar-refractivity contribution in [2.45, 2.75) is 63.0 Å². The average Bonchev–Trinajstić information content (AvgIpc) is 2.38. The van der Waals surface area contributed by atoms with Gasteiger partial charge in [-0.25, -0.2) is 8.42 Å². The molecule has 0 bridgehead atoms. The van der Waals surface area contributed by atoms with Gasteiger partial charge in [-0.15, -0.1) is 0 Å². The van der Waals surface area contributed by atoms with Gasteiger partial charge in [0.05, 0.1) is 10.7 Å². The lowest BCUT2D eigenvalue weighted by Crippen LogP contribution is -2.44. The maximum absolute atomic E-state index is 11.8. The quantitative estimate of drug-likeness (QED) is 0.866. The Labute approximate surface area is 115 Å². The van der Waals surface area contributed by atoms with Crippen molar-refractivity contribution >= 4 is 15.8 Å². The SMILES string of the molecule is CS(=O)(=O)C1CCCC(C2(C(=O)O)CCCCC2)C1. The monoisotopic (exact) mass is 288 g/mol. The van der Waals surface area contributed by atoms with E-state index in [0.717, 1.165) is 44.9 Å². The Hall–Kier alpha value is -0.580. The van der Waals surface area contributed by atoms with E-state index in [0.29, 0.717) is 12.8 Å². The molecule has 5 heteroatoms. The van der Waals surface area contributed by atoms with Crippen LogP contribution in [0, 0.1) is 11.3 Å². The Morgan fingerprint density at radius 3 is 2.26 bits per heavy atom. The smallest absolute Gasteiger partial charge is 0.309 e. The summed E-state index contributed by atoms with van der Waals surface area (Å²) in [5, 5.41) is 9.35. The molecule has 2 unspecified atom stereocenters. The predicted octanol–water partition coefficient (Wildman–Crippen LogP) is 2.62. The largest absolute Gasteiger partial charge is 0.481 e. The molecular weight excluding hydrogens is 264 g/mol. The standard InChI is InChI=1S/C14H24O4S/c1-19(17,18)12-7-5-6-11(10-12)14(13(15)16)8-3-2-4-9-14/h11-12H,2-10H2,1H3,(H,15,16). The molecule has 0 amide bonds. The number of hydrogen-bond donors (Lipinski definition) is 1. The fraction of sp³-hybridized carbons (Fsp3) is 0.929. The van der Waals surface area contributed by atoms with Crippen LogP contribution >= 0.6 is 0 Å². The van der Waals surface area contributed by atoms with Gasteiger partial charge in [-0.1, -0.05) is 25.7 Å². The first-order chi connectivity index (χ1) is 8.86. The summed E-state index contributed by atoms with van der Waals surface area (Å²) in [4.78, 5) is 11.8. The highest BCUT2D eigenvalue weighted by molar-refractivity contribution is 7.91. The predicted molar refractivity (Wildman–Crippen MR) is 73.7 cm³/mol. The first-order valence-corrected chi connectivity index (χ1v) is 9.24. The van der Waals surface area contributed by atoms with E-state index in [-0.39, 0.29) is 11.2 Å². The third-order valence-corrected chi connectivity index (χ3v) is 6.82. The summed E-state index contributed by atoms with van der Waals surface area (Å²) in [6, 6.07) is 0. The summed E-state index contributed by atoms with van der Waals surface area (Å²) in [5.74, 6) is -0.662. The highest BCUT2D eigenvalue weighted by atomic mass is 32.2. The van der Waals surface area contributed by atoms with E-state index >= 15 is 0 Å². The van der Waals surface area contributed by atoms with Crippen molar-refractivity contribution in [2.75, 3.05) is 6.26 Å². The van der Waals surface area contributed by atoms with Crippen LogP contribution < -0.4 is 0 Å². The molecule has 2 saturated carbocycles. The summed E-state index contributed by atoms with van der Waals surface area (Å²) in [5.41, 5.74) is -0.651. The van der Waals surface area contributed by atoms with Gasteiger partial charge < -0.3 is 5.11 Å². The minimum Gasteiger partial charge on any atom is -0.481 e. The van der Waals surface area contributed by atoms with Crippen LogP contribution in [0.2, 0.25) is 0 Å². The van der Waals surface area contributed by atoms with Crippen LogP contribution in [0.1, 0.15) is 57.8 Å². The minimum absolute atomic E-state index is 0.0405. The molecule has 0 aromatic heterocycles. The number of hydrogen-bond acceptors (Lipinski definition) is 3. The van der Waals surface area contributed by atoms with Gasteiger partial charge in [-0.2, -0.15) is 0 Å². The summed E-state index contributed by atoms with van der Waals surface area (Å²) >= 11 is 0. The lowest BCUT2D eigenvalue weighted by atomic mass is 9.61. The van der Waals surface area contributed by atoms with E-state index in [1.54, 1.807) is 0 Å². The van der Waals surface area contributed by atoms with Crippen LogP contribution in [0.4, 0.5) is 0 Å².